The number of pyridine rings is 1. The molecular formula is C21H21ClN4O2. The summed E-state index contributed by atoms with van der Waals surface area (Å²) < 4.78 is 5.31. The molecule has 0 saturated heterocycles. The van der Waals surface area contributed by atoms with Crippen LogP contribution in [0.3, 0.4) is 0 Å². The maximum atomic E-state index is 12.4. The second-order valence-corrected chi connectivity index (χ2v) is 6.73. The number of carbonyl (C=O) groups is 1. The summed E-state index contributed by atoms with van der Waals surface area (Å²) in [6.07, 6.45) is 1.52. The molecule has 6 nitrogen and oxygen atoms in total. The van der Waals surface area contributed by atoms with Gasteiger partial charge < -0.3 is 20.3 Å². The van der Waals surface area contributed by atoms with E-state index in [0.29, 0.717) is 27.8 Å². The molecule has 0 aliphatic carbocycles. The number of nitrogens with zero attached hydrogens (tertiary/aromatic N) is 2. The number of hydrogen-bond acceptors (Lipinski definition) is 5. The highest BCUT2D eigenvalue weighted by molar-refractivity contribution is 6.31. The fourth-order valence-electron chi connectivity index (χ4n) is 2.56. The Balaban J connectivity index is 1.68. The van der Waals surface area contributed by atoms with Gasteiger partial charge in [-0.25, -0.2) is 4.98 Å². The monoisotopic (exact) mass is 396 g/mol. The fraction of sp³-hybridized carbons (Fsp3) is 0.143. The molecule has 0 spiro atoms. The smallest absolute Gasteiger partial charge is 0.257 e. The molecule has 0 unspecified atom stereocenters. The van der Waals surface area contributed by atoms with Crippen LogP contribution in [-0.2, 0) is 0 Å². The van der Waals surface area contributed by atoms with Gasteiger partial charge in [-0.05, 0) is 54.6 Å². The van der Waals surface area contributed by atoms with Crippen molar-refractivity contribution in [1.82, 2.24) is 4.98 Å². The van der Waals surface area contributed by atoms with Crippen molar-refractivity contribution in [1.29, 1.82) is 0 Å². The fourth-order valence-corrected chi connectivity index (χ4v) is 2.74. The quantitative estimate of drug-likeness (QED) is 0.626. The van der Waals surface area contributed by atoms with E-state index < -0.39 is 0 Å². The molecule has 0 radical (unpaired) electrons. The Morgan fingerprint density at radius 2 is 1.82 bits per heavy atom. The lowest BCUT2D eigenvalue weighted by molar-refractivity contribution is 0.102. The van der Waals surface area contributed by atoms with Gasteiger partial charge in [-0.3, -0.25) is 4.79 Å². The van der Waals surface area contributed by atoms with Crippen LogP contribution in [0.1, 0.15) is 10.4 Å². The van der Waals surface area contributed by atoms with Gasteiger partial charge in [0, 0.05) is 36.7 Å². The molecule has 2 N–H and O–H groups in total. The van der Waals surface area contributed by atoms with Crippen molar-refractivity contribution < 1.29 is 9.53 Å². The number of benzene rings is 2. The minimum absolute atomic E-state index is 0.225. The third kappa shape index (κ3) is 4.72. The van der Waals surface area contributed by atoms with E-state index in [4.69, 9.17) is 16.3 Å². The van der Waals surface area contributed by atoms with Gasteiger partial charge in [0.2, 0.25) is 0 Å². The molecule has 3 aromatic rings. The second-order valence-electron chi connectivity index (χ2n) is 6.30. The summed E-state index contributed by atoms with van der Waals surface area (Å²) in [5.41, 5.74) is 2.94. The zero-order valence-corrected chi connectivity index (χ0v) is 16.6. The van der Waals surface area contributed by atoms with Gasteiger partial charge in [0.1, 0.15) is 11.6 Å². The summed E-state index contributed by atoms with van der Waals surface area (Å²) in [7, 11) is 5.52. The summed E-state index contributed by atoms with van der Waals surface area (Å²) in [5, 5.41) is 6.59. The van der Waals surface area contributed by atoms with Crippen molar-refractivity contribution >= 4 is 40.4 Å². The molecule has 28 heavy (non-hydrogen) atoms. The molecule has 2 aromatic carbocycles. The van der Waals surface area contributed by atoms with Crippen LogP contribution in [0.25, 0.3) is 0 Å². The number of nitrogens with one attached hydrogen (secondary N) is 2. The number of anilines is 4. The number of hydrogen-bond donors (Lipinski definition) is 2. The van der Waals surface area contributed by atoms with Crippen molar-refractivity contribution in [3.8, 4) is 5.75 Å². The standard InChI is InChI=1S/C21H21ClN4O2/c1-26(2)17-8-6-16(7-9-17)24-21(27)14-4-11-20(23-13-14)25-18-12-15(22)5-10-19(18)28-3/h4-13H,1-3H3,(H,23,25)(H,24,27). The van der Waals surface area contributed by atoms with E-state index >= 15 is 0 Å². The first kappa shape index (κ1) is 19.5. The Labute approximate surface area is 169 Å². The number of amides is 1. The number of rotatable bonds is 6. The Kier molecular flexibility index (Phi) is 6.01. The third-order valence-corrected chi connectivity index (χ3v) is 4.33. The summed E-state index contributed by atoms with van der Waals surface area (Å²) in [6.45, 7) is 0. The van der Waals surface area contributed by atoms with Crippen molar-refractivity contribution in [2.45, 2.75) is 0 Å². The maximum Gasteiger partial charge on any atom is 0.257 e. The van der Waals surface area contributed by atoms with E-state index in [1.807, 2.05) is 43.3 Å². The number of halogens is 1. The SMILES string of the molecule is COc1ccc(Cl)cc1Nc1ccc(C(=O)Nc2ccc(N(C)C)cc2)cn1. The minimum Gasteiger partial charge on any atom is -0.495 e. The van der Waals surface area contributed by atoms with E-state index in [2.05, 4.69) is 15.6 Å². The molecular weight excluding hydrogens is 376 g/mol. The summed E-state index contributed by atoms with van der Waals surface area (Å²) in [5.74, 6) is 0.999. The van der Waals surface area contributed by atoms with Crippen LogP contribution in [0.2, 0.25) is 5.02 Å². The molecule has 0 atom stereocenters. The Bertz CT molecular complexity index is 957. The predicted molar refractivity (Wildman–Crippen MR) is 114 cm³/mol. The van der Waals surface area contributed by atoms with Crippen molar-refractivity contribution in [2.75, 3.05) is 36.7 Å². The van der Waals surface area contributed by atoms with Crippen LogP contribution in [-0.4, -0.2) is 32.1 Å². The lowest BCUT2D eigenvalue weighted by Crippen LogP contribution is -2.13. The van der Waals surface area contributed by atoms with Crippen molar-refractivity contribution in [3.05, 3.63) is 71.4 Å². The molecule has 144 valence electrons. The molecule has 1 heterocycles. The van der Waals surface area contributed by atoms with Crippen LogP contribution in [0.15, 0.2) is 60.8 Å². The molecule has 0 fully saturated rings. The van der Waals surface area contributed by atoms with Crippen molar-refractivity contribution in [3.63, 3.8) is 0 Å². The van der Waals surface area contributed by atoms with E-state index in [0.717, 1.165) is 11.4 Å². The molecule has 0 saturated carbocycles. The molecule has 0 bridgehead atoms. The van der Waals surface area contributed by atoms with Gasteiger partial charge in [0.05, 0.1) is 18.4 Å². The van der Waals surface area contributed by atoms with Gasteiger partial charge in [0.15, 0.2) is 0 Å². The number of methoxy groups -OCH3 is 1. The van der Waals surface area contributed by atoms with Crippen LogP contribution in [0.5, 0.6) is 5.75 Å². The number of carbonyl (C=O) groups excluding carboxylic acids is 1. The summed E-state index contributed by atoms with van der Waals surface area (Å²) in [6, 6.07) is 16.3. The highest BCUT2D eigenvalue weighted by atomic mass is 35.5. The first-order valence-electron chi connectivity index (χ1n) is 8.61. The topological polar surface area (TPSA) is 66.5 Å². The first-order valence-corrected chi connectivity index (χ1v) is 8.99. The maximum absolute atomic E-state index is 12.4. The van der Waals surface area contributed by atoms with Crippen LogP contribution >= 0.6 is 11.6 Å². The van der Waals surface area contributed by atoms with Gasteiger partial charge in [-0.15, -0.1) is 0 Å². The zero-order chi connectivity index (χ0) is 20.1. The summed E-state index contributed by atoms with van der Waals surface area (Å²) in [4.78, 5) is 18.7. The minimum atomic E-state index is -0.225. The van der Waals surface area contributed by atoms with Crippen LogP contribution in [0.4, 0.5) is 22.9 Å². The third-order valence-electron chi connectivity index (χ3n) is 4.09. The highest BCUT2D eigenvalue weighted by Crippen LogP contribution is 2.30. The zero-order valence-electron chi connectivity index (χ0n) is 15.9. The molecule has 3 rings (SSSR count). The lowest BCUT2D eigenvalue weighted by Gasteiger charge is -2.13. The largest absolute Gasteiger partial charge is 0.495 e. The Morgan fingerprint density at radius 3 is 2.43 bits per heavy atom. The highest BCUT2D eigenvalue weighted by Gasteiger charge is 2.09. The Morgan fingerprint density at radius 1 is 1.07 bits per heavy atom. The van der Waals surface area contributed by atoms with E-state index in [-0.39, 0.29) is 5.91 Å². The predicted octanol–water partition coefficient (Wildman–Crippen LogP) is 4.81. The average molecular weight is 397 g/mol. The molecule has 1 amide bonds. The molecule has 0 aliphatic heterocycles. The van der Waals surface area contributed by atoms with Crippen molar-refractivity contribution in [2.24, 2.45) is 0 Å². The van der Waals surface area contributed by atoms with E-state index in [1.54, 1.807) is 37.4 Å². The van der Waals surface area contributed by atoms with Gasteiger partial charge >= 0.3 is 0 Å². The lowest BCUT2D eigenvalue weighted by atomic mass is 10.2. The number of ether oxygens (including phenoxy) is 1. The second kappa shape index (κ2) is 8.63. The molecule has 1 aromatic heterocycles. The average Bonchev–Trinajstić information content (AvgIpc) is 2.69. The Hall–Kier alpha value is -3.25. The van der Waals surface area contributed by atoms with Crippen LogP contribution in [0, 0.1) is 0 Å². The normalized spacial score (nSPS) is 10.3. The van der Waals surface area contributed by atoms with Crippen LogP contribution < -0.4 is 20.3 Å². The van der Waals surface area contributed by atoms with Gasteiger partial charge in [-0.2, -0.15) is 0 Å². The molecule has 7 heteroatoms. The molecule has 0 aliphatic rings. The van der Waals surface area contributed by atoms with E-state index in [9.17, 15) is 4.79 Å². The van der Waals surface area contributed by atoms with Gasteiger partial charge in [-0.1, -0.05) is 11.6 Å². The van der Waals surface area contributed by atoms with Gasteiger partial charge in [0.25, 0.3) is 5.91 Å². The van der Waals surface area contributed by atoms with E-state index in [1.165, 1.54) is 6.20 Å². The summed E-state index contributed by atoms with van der Waals surface area (Å²) >= 11 is 6.04. The first-order chi connectivity index (χ1) is 13.5. The number of aromatic nitrogens is 1.